The zero-order chi connectivity index (χ0) is 29.1. The minimum Gasteiger partial charge on any atom is -0.342 e. The van der Waals surface area contributed by atoms with Gasteiger partial charge in [-0.2, -0.15) is 4.39 Å². The second-order valence-electron chi connectivity index (χ2n) is 10.3. The third kappa shape index (κ3) is 5.88. The van der Waals surface area contributed by atoms with Gasteiger partial charge in [-0.3, -0.25) is 23.5 Å². The predicted octanol–water partition coefficient (Wildman–Crippen LogP) is 2.84. The van der Waals surface area contributed by atoms with Crippen LogP contribution in [0.4, 0.5) is 8.78 Å². The number of pyridine rings is 1. The van der Waals surface area contributed by atoms with E-state index in [1.807, 2.05) is 13.8 Å². The normalized spacial score (nSPS) is 17.7. The summed E-state index contributed by atoms with van der Waals surface area (Å²) in [4.78, 5) is 57.0. The standard InChI is InChI=1S/C29H33F2N5O4/c1-5-35-28(39)18(4)14-34(29(35)40)16-24(37)36-15-20(30)13-23(36)27(38)33-25(19-9-7-6-8-10-19)22-12-11-21(17(2)3)26(31)32-22/h6-12,14,17,20,23,25H,5,13,15-16H2,1-4H3,(H,33,38)/t20-,23+,25+/m1/s1. The van der Waals surface area contributed by atoms with Gasteiger partial charge in [-0.25, -0.2) is 14.2 Å². The van der Waals surface area contributed by atoms with Crippen LogP contribution in [0.3, 0.4) is 0 Å². The van der Waals surface area contributed by atoms with Crippen molar-refractivity contribution >= 4 is 11.8 Å². The van der Waals surface area contributed by atoms with E-state index in [0.717, 1.165) is 14.0 Å². The fourth-order valence-corrected chi connectivity index (χ4v) is 5.00. The van der Waals surface area contributed by atoms with Crippen molar-refractivity contribution in [3.8, 4) is 0 Å². The highest BCUT2D eigenvalue weighted by Gasteiger charge is 2.40. The van der Waals surface area contributed by atoms with Crippen LogP contribution in [0.5, 0.6) is 0 Å². The zero-order valence-corrected chi connectivity index (χ0v) is 22.9. The Morgan fingerprint density at radius 2 is 1.82 bits per heavy atom. The Kier molecular flexibility index (Phi) is 8.61. The van der Waals surface area contributed by atoms with Gasteiger partial charge in [0.15, 0.2) is 0 Å². The Morgan fingerprint density at radius 3 is 2.45 bits per heavy atom. The number of aryl methyl sites for hydroxylation is 1. The SMILES string of the molecule is CCn1c(=O)c(C)cn(CC(=O)N2C[C@H](F)C[C@H]2C(=O)N[C@@H](c2ccccc2)c2ccc(C(C)C)c(F)n2)c1=O. The van der Waals surface area contributed by atoms with E-state index in [1.54, 1.807) is 49.4 Å². The number of likely N-dealkylation sites (tertiary alicyclic amines) is 1. The highest BCUT2D eigenvalue weighted by atomic mass is 19.1. The van der Waals surface area contributed by atoms with Crippen LogP contribution in [0.15, 0.2) is 58.3 Å². The van der Waals surface area contributed by atoms with Crippen molar-refractivity contribution in [2.75, 3.05) is 6.54 Å². The molecule has 40 heavy (non-hydrogen) atoms. The highest BCUT2D eigenvalue weighted by molar-refractivity contribution is 5.88. The third-order valence-corrected chi connectivity index (χ3v) is 7.14. The van der Waals surface area contributed by atoms with Crippen molar-refractivity contribution in [3.05, 3.63) is 97.8 Å². The van der Waals surface area contributed by atoms with Gasteiger partial charge in [0.25, 0.3) is 5.56 Å². The van der Waals surface area contributed by atoms with Crippen molar-refractivity contribution in [1.29, 1.82) is 0 Å². The number of hydrogen-bond donors (Lipinski definition) is 1. The molecule has 2 aromatic heterocycles. The molecule has 0 spiro atoms. The number of amides is 2. The number of nitrogens with one attached hydrogen (secondary N) is 1. The average molecular weight is 554 g/mol. The average Bonchev–Trinajstić information content (AvgIpc) is 3.32. The number of alkyl halides is 1. The monoisotopic (exact) mass is 553 g/mol. The summed E-state index contributed by atoms with van der Waals surface area (Å²) in [7, 11) is 0. The summed E-state index contributed by atoms with van der Waals surface area (Å²) >= 11 is 0. The Labute approximate surface area is 230 Å². The second-order valence-corrected chi connectivity index (χ2v) is 10.3. The first-order valence-corrected chi connectivity index (χ1v) is 13.3. The highest BCUT2D eigenvalue weighted by Crippen LogP contribution is 2.27. The molecule has 0 radical (unpaired) electrons. The summed E-state index contributed by atoms with van der Waals surface area (Å²) in [5.74, 6) is -1.98. The summed E-state index contributed by atoms with van der Waals surface area (Å²) < 4.78 is 31.5. The minimum atomic E-state index is -1.45. The molecule has 1 aliphatic heterocycles. The molecule has 1 N–H and O–H groups in total. The zero-order valence-electron chi connectivity index (χ0n) is 22.9. The number of carbonyl (C=O) groups excluding carboxylic acids is 2. The second kappa shape index (κ2) is 11.9. The van der Waals surface area contributed by atoms with Gasteiger partial charge in [0, 0.05) is 30.3 Å². The first kappa shape index (κ1) is 28.8. The number of benzene rings is 1. The third-order valence-electron chi connectivity index (χ3n) is 7.14. The minimum absolute atomic E-state index is 0.0844. The molecule has 0 saturated carbocycles. The van der Waals surface area contributed by atoms with E-state index >= 15 is 0 Å². The van der Waals surface area contributed by atoms with Gasteiger partial charge in [0.2, 0.25) is 17.8 Å². The molecule has 1 fully saturated rings. The number of carbonyl (C=O) groups is 2. The Morgan fingerprint density at radius 1 is 1.12 bits per heavy atom. The van der Waals surface area contributed by atoms with Gasteiger partial charge in [0.1, 0.15) is 18.8 Å². The molecular weight excluding hydrogens is 520 g/mol. The molecule has 4 rings (SSSR count). The molecule has 9 nitrogen and oxygen atoms in total. The maximum atomic E-state index is 14.8. The fraction of sp³-hybridized carbons (Fsp3) is 0.414. The lowest BCUT2D eigenvalue weighted by Gasteiger charge is -2.27. The van der Waals surface area contributed by atoms with Crippen LogP contribution < -0.4 is 16.6 Å². The van der Waals surface area contributed by atoms with Crippen molar-refractivity contribution < 1.29 is 18.4 Å². The van der Waals surface area contributed by atoms with E-state index in [9.17, 15) is 28.0 Å². The molecule has 1 saturated heterocycles. The molecule has 11 heteroatoms. The molecule has 0 aliphatic carbocycles. The van der Waals surface area contributed by atoms with Crippen LogP contribution in [0.2, 0.25) is 0 Å². The Bertz CT molecular complexity index is 1520. The van der Waals surface area contributed by atoms with Crippen molar-refractivity contribution in [2.24, 2.45) is 0 Å². The lowest BCUT2D eigenvalue weighted by molar-refractivity contribution is -0.139. The van der Waals surface area contributed by atoms with E-state index in [-0.39, 0.29) is 36.7 Å². The van der Waals surface area contributed by atoms with E-state index in [0.29, 0.717) is 11.1 Å². The molecule has 1 aromatic carbocycles. The first-order chi connectivity index (χ1) is 19.0. The number of halogens is 2. The summed E-state index contributed by atoms with van der Waals surface area (Å²) in [6.07, 6.45) is -0.381. The van der Waals surface area contributed by atoms with Gasteiger partial charge < -0.3 is 10.2 Å². The summed E-state index contributed by atoms with van der Waals surface area (Å²) in [5, 5.41) is 2.84. The van der Waals surface area contributed by atoms with Crippen LogP contribution in [-0.2, 0) is 22.7 Å². The van der Waals surface area contributed by atoms with Crippen molar-refractivity contribution in [1.82, 2.24) is 24.3 Å². The smallest absolute Gasteiger partial charge is 0.331 e. The van der Waals surface area contributed by atoms with Gasteiger partial charge in [0.05, 0.1) is 18.3 Å². The Balaban J connectivity index is 1.61. The molecule has 3 atom stereocenters. The first-order valence-electron chi connectivity index (χ1n) is 13.3. The quantitative estimate of drug-likeness (QED) is 0.432. The Hall–Kier alpha value is -4.15. The number of aromatic nitrogens is 3. The molecule has 1 aliphatic rings. The van der Waals surface area contributed by atoms with Crippen molar-refractivity contribution in [2.45, 2.75) is 71.4 Å². The molecule has 3 aromatic rings. The maximum Gasteiger partial charge on any atom is 0.331 e. The fourth-order valence-electron chi connectivity index (χ4n) is 5.00. The van der Waals surface area contributed by atoms with Gasteiger partial charge in [-0.1, -0.05) is 50.2 Å². The summed E-state index contributed by atoms with van der Waals surface area (Å²) in [6.45, 7) is 6.23. The van der Waals surface area contributed by atoms with E-state index < -0.39 is 53.8 Å². The lowest BCUT2D eigenvalue weighted by atomic mass is 9.99. The molecule has 2 amide bonds. The lowest BCUT2D eigenvalue weighted by Crippen LogP contribution is -2.49. The topological polar surface area (TPSA) is 106 Å². The molecule has 0 unspecified atom stereocenters. The van der Waals surface area contributed by atoms with E-state index in [4.69, 9.17) is 0 Å². The van der Waals surface area contributed by atoms with Gasteiger partial charge >= 0.3 is 5.69 Å². The van der Waals surface area contributed by atoms with Crippen LogP contribution >= 0.6 is 0 Å². The molecular formula is C29H33F2N5O4. The molecule has 0 bridgehead atoms. The molecule has 212 valence electrons. The number of hydrogen-bond acceptors (Lipinski definition) is 5. The number of rotatable bonds is 8. The summed E-state index contributed by atoms with van der Waals surface area (Å²) in [6, 6.07) is 10.1. The predicted molar refractivity (Wildman–Crippen MR) is 145 cm³/mol. The van der Waals surface area contributed by atoms with Crippen LogP contribution in [-0.4, -0.2) is 49.6 Å². The van der Waals surface area contributed by atoms with E-state index in [1.165, 1.54) is 13.1 Å². The van der Waals surface area contributed by atoms with Crippen LogP contribution in [0, 0.1) is 12.9 Å². The molecule has 3 heterocycles. The summed E-state index contributed by atoms with van der Waals surface area (Å²) in [5.41, 5.74) is 0.508. The van der Waals surface area contributed by atoms with Gasteiger partial charge in [-0.15, -0.1) is 0 Å². The largest absolute Gasteiger partial charge is 0.342 e. The van der Waals surface area contributed by atoms with Crippen molar-refractivity contribution in [3.63, 3.8) is 0 Å². The number of nitrogens with zero attached hydrogens (tertiary/aromatic N) is 4. The van der Waals surface area contributed by atoms with Crippen LogP contribution in [0.1, 0.15) is 61.5 Å². The van der Waals surface area contributed by atoms with Gasteiger partial charge in [-0.05, 0) is 31.4 Å². The van der Waals surface area contributed by atoms with Crippen LogP contribution in [0.25, 0.3) is 0 Å². The maximum absolute atomic E-state index is 14.8. The van der Waals surface area contributed by atoms with E-state index in [2.05, 4.69) is 10.3 Å².